The van der Waals surface area contributed by atoms with Gasteiger partial charge in [0.1, 0.15) is 9.84 Å². The number of carbonyl (C=O) groups is 1. The minimum Gasteiger partial charge on any atom is -0.336 e. The summed E-state index contributed by atoms with van der Waals surface area (Å²) < 4.78 is 22.8. The zero-order chi connectivity index (χ0) is 13.3. The molecule has 2 saturated carbocycles. The molecular weight excluding hydrogens is 250 g/mol. The van der Waals surface area contributed by atoms with Gasteiger partial charge in [-0.2, -0.15) is 0 Å². The Bertz CT molecular complexity index is 408. The van der Waals surface area contributed by atoms with Crippen LogP contribution >= 0.6 is 0 Å². The van der Waals surface area contributed by atoms with Gasteiger partial charge in [-0.1, -0.05) is 12.8 Å². The Balaban J connectivity index is 2.05. The van der Waals surface area contributed by atoms with Crippen LogP contribution in [-0.2, 0) is 14.6 Å². The first kappa shape index (κ1) is 13.8. The first-order valence-electron chi connectivity index (χ1n) is 6.88. The molecule has 0 aromatic rings. The van der Waals surface area contributed by atoms with Gasteiger partial charge in [0.05, 0.1) is 5.75 Å². The van der Waals surface area contributed by atoms with Crippen LogP contribution in [0.3, 0.4) is 0 Å². The fourth-order valence-corrected chi connectivity index (χ4v) is 4.05. The molecule has 2 fully saturated rings. The Hall–Kier alpha value is -0.580. The average Bonchev–Trinajstić information content (AvgIpc) is 2.91. The number of sulfone groups is 1. The summed E-state index contributed by atoms with van der Waals surface area (Å²) in [7, 11) is -3.03. The van der Waals surface area contributed by atoms with E-state index in [2.05, 4.69) is 0 Å². The highest BCUT2D eigenvalue weighted by Gasteiger charge is 2.39. The summed E-state index contributed by atoms with van der Waals surface area (Å²) >= 11 is 0. The zero-order valence-electron chi connectivity index (χ0n) is 11.3. The number of carbonyl (C=O) groups excluding carboxylic acids is 1. The van der Waals surface area contributed by atoms with Crippen molar-refractivity contribution < 1.29 is 13.2 Å². The van der Waals surface area contributed by atoms with Gasteiger partial charge < -0.3 is 4.90 Å². The molecule has 2 rings (SSSR count). The second-order valence-corrected chi connectivity index (χ2v) is 8.08. The molecular formula is C13H23NO3S. The molecule has 0 aromatic heterocycles. The Kier molecular flexibility index (Phi) is 3.99. The highest BCUT2D eigenvalue weighted by atomic mass is 32.2. The van der Waals surface area contributed by atoms with E-state index in [1.165, 1.54) is 6.26 Å². The molecule has 2 aliphatic rings. The zero-order valence-corrected chi connectivity index (χ0v) is 12.1. The molecule has 1 unspecified atom stereocenters. The second-order valence-electron chi connectivity index (χ2n) is 5.90. The van der Waals surface area contributed by atoms with Crippen molar-refractivity contribution in [3.05, 3.63) is 0 Å². The van der Waals surface area contributed by atoms with E-state index in [9.17, 15) is 13.2 Å². The first-order valence-corrected chi connectivity index (χ1v) is 8.94. The molecule has 18 heavy (non-hydrogen) atoms. The molecule has 0 N–H and O–H groups in total. The number of rotatable bonds is 5. The first-order chi connectivity index (χ1) is 8.38. The summed E-state index contributed by atoms with van der Waals surface area (Å²) in [4.78, 5) is 14.4. The monoisotopic (exact) mass is 273 g/mol. The van der Waals surface area contributed by atoms with Crippen LogP contribution in [0.25, 0.3) is 0 Å². The van der Waals surface area contributed by atoms with Crippen molar-refractivity contribution in [3.63, 3.8) is 0 Å². The fraction of sp³-hybridized carbons (Fsp3) is 0.923. The van der Waals surface area contributed by atoms with E-state index in [4.69, 9.17) is 0 Å². The number of nitrogens with zero attached hydrogens (tertiary/aromatic N) is 1. The largest absolute Gasteiger partial charge is 0.336 e. The predicted octanol–water partition coefficient (Wildman–Crippen LogP) is 1.60. The average molecular weight is 273 g/mol. The van der Waals surface area contributed by atoms with E-state index < -0.39 is 9.84 Å². The van der Waals surface area contributed by atoms with Crippen molar-refractivity contribution in [1.29, 1.82) is 0 Å². The lowest BCUT2D eigenvalue weighted by molar-refractivity contribution is -0.137. The Morgan fingerprint density at radius 1 is 1.22 bits per heavy atom. The standard InChI is InChI=1S/C13H23NO3S/c1-10(9-18(2,16)17)14(12-7-8-12)13(15)11-5-3-4-6-11/h10-12H,3-9H2,1-2H3. The molecule has 1 atom stereocenters. The van der Waals surface area contributed by atoms with Crippen LogP contribution in [0.15, 0.2) is 0 Å². The van der Waals surface area contributed by atoms with Gasteiger partial charge in [-0.25, -0.2) is 8.42 Å². The predicted molar refractivity (Wildman–Crippen MR) is 71.0 cm³/mol. The summed E-state index contributed by atoms with van der Waals surface area (Å²) in [6, 6.07) is 0.121. The number of hydrogen-bond acceptors (Lipinski definition) is 3. The van der Waals surface area contributed by atoms with E-state index >= 15 is 0 Å². The van der Waals surface area contributed by atoms with Crippen molar-refractivity contribution in [3.8, 4) is 0 Å². The third-order valence-electron chi connectivity index (χ3n) is 3.92. The molecule has 0 radical (unpaired) electrons. The quantitative estimate of drug-likeness (QED) is 0.764. The van der Waals surface area contributed by atoms with Gasteiger partial charge in [-0.3, -0.25) is 4.79 Å². The molecule has 0 spiro atoms. The maximum absolute atomic E-state index is 12.5. The van der Waals surface area contributed by atoms with Gasteiger partial charge >= 0.3 is 0 Å². The van der Waals surface area contributed by atoms with Crippen LogP contribution in [0.5, 0.6) is 0 Å². The third kappa shape index (κ3) is 3.46. The van der Waals surface area contributed by atoms with Gasteiger partial charge in [-0.15, -0.1) is 0 Å². The molecule has 5 heteroatoms. The van der Waals surface area contributed by atoms with Crippen molar-refractivity contribution in [2.24, 2.45) is 5.92 Å². The molecule has 0 bridgehead atoms. The molecule has 0 heterocycles. The summed E-state index contributed by atoms with van der Waals surface area (Å²) in [5.41, 5.74) is 0. The lowest BCUT2D eigenvalue weighted by Gasteiger charge is -2.31. The fourth-order valence-electron chi connectivity index (χ4n) is 3.01. The van der Waals surface area contributed by atoms with Gasteiger partial charge in [0.25, 0.3) is 0 Å². The lowest BCUT2D eigenvalue weighted by Crippen LogP contribution is -2.46. The lowest BCUT2D eigenvalue weighted by atomic mass is 10.1. The molecule has 104 valence electrons. The number of hydrogen-bond donors (Lipinski definition) is 0. The van der Waals surface area contributed by atoms with E-state index in [0.29, 0.717) is 6.04 Å². The normalized spacial score (nSPS) is 23.0. The summed E-state index contributed by atoms with van der Waals surface area (Å²) in [6.07, 6.45) is 7.54. The smallest absolute Gasteiger partial charge is 0.226 e. The van der Waals surface area contributed by atoms with Crippen LogP contribution < -0.4 is 0 Å². The highest BCUT2D eigenvalue weighted by molar-refractivity contribution is 7.90. The Morgan fingerprint density at radius 3 is 2.22 bits per heavy atom. The van der Waals surface area contributed by atoms with Crippen molar-refractivity contribution >= 4 is 15.7 Å². The molecule has 0 saturated heterocycles. The van der Waals surface area contributed by atoms with E-state index in [0.717, 1.165) is 38.5 Å². The van der Waals surface area contributed by atoms with Gasteiger partial charge in [-0.05, 0) is 32.6 Å². The van der Waals surface area contributed by atoms with Crippen molar-refractivity contribution in [2.45, 2.75) is 57.5 Å². The van der Waals surface area contributed by atoms with Crippen molar-refractivity contribution in [1.82, 2.24) is 4.90 Å². The van der Waals surface area contributed by atoms with Crippen LogP contribution in [0.1, 0.15) is 45.4 Å². The molecule has 4 nitrogen and oxygen atoms in total. The summed E-state index contributed by atoms with van der Waals surface area (Å²) in [6.45, 7) is 1.87. The van der Waals surface area contributed by atoms with Crippen LogP contribution in [0.4, 0.5) is 0 Å². The van der Waals surface area contributed by atoms with Gasteiger partial charge in [0.15, 0.2) is 0 Å². The van der Waals surface area contributed by atoms with Crippen LogP contribution in [0.2, 0.25) is 0 Å². The minimum atomic E-state index is -3.03. The van der Waals surface area contributed by atoms with E-state index in [-0.39, 0.29) is 23.6 Å². The van der Waals surface area contributed by atoms with E-state index in [1.54, 1.807) is 0 Å². The molecule has 0 aromatic carbocycles. The second kappa shape index (κ2) is 5.19. The third-order valence-corrected chi connectivity index (χ3v) is 5.01. The SMILES string of the molecule is CC(CS(C)(=O)=O)N(C(=O)C1CCCC1)C1CC1. The minimum absolute atomic E-state index is 0.0853. The molecule has 2 aliphatic carbocycles. The Morgan fingerprint density at radius 2 is 1.78 bits per heavy atom. The molecule has 1 amide bonds. The maximum Gasteiger partial charge on any atom is 0.226 e. The van der Waals surface area contributed by atoms with Gasteiger partial charge in [0.2, 0.25) is 5.91 Å². The van der Waals surface area contributed by atoms with Crippen LogP contribution in [-0.4, -0.2) is 43.3 Å². The molecule has 0 aliphatic heterocycles. The van der Waals surface area contributed by atoms with Gasteiger partial charge in [0, 0.05) is 24.3 Å². The summed E-state index contributed by atoms with van der Waals surface area (Å²) in [5.74, 6) is 0.431. The maximum atomic E-state index is 12.5. The Labute approximate surface area is 110 Å². The summed E-state index contributed by atoms with van der Waals surface area (Å²) in [5, 5.41) is 0. The topological polar surface area (TPSA) is 54.5 Å². The van der Waals surface area contributed by atoms with Crippen molar-refractivity contribution in [2.75, 3.05) is 12.0 Å². The highest BCUT2D eigenvalue weighted by Crippen LogP contribution is 2.34. The van der Waals surface area contributed by atoms with E-state index in [1.807, 2.05) is 11.8 Å². The number of amides is 1. The van der Waals surface area contributed by atoms with Crippen LogP contribution in [0, 0.1) is 5.92 Å².